The zero-order chi connectivity index (χ0) is 36.0. The highest BCUT2D eigenvalue weighted by Crippen LogP contribution is 2.45. The van der Waals surface area contributed by atoms with Gasteiger partial charge in [-0.15, -0.1) is 6.58 Å². The first-order valence-electron chi connectivity index (χ1n) is 15.6. The minimum Gasteiger partial charge on any atom is -0.494 e. The molecule has 2 heterocycles. The molecule has 18 heteroatoms. The van der Waals surface area contributed by atoms with Gasteiger partial charge in [-0.25, -0.2) is 27.0 Å². The fraction of sp³-hybridized carbons (Fsp3) is 0.375. The van der Waals surface area contributed by atoms with Crippen LogP contribution >= 0.6 is 11.6 Å². The summed E-state index contributed by atoms with van der Waals surface area (Å²) >= 11 is 6.28. The number of methoxy groups -OCH3 is 1. The average Bonchev–Trinajstić information content (AvgIpc) is 4.00. The van der Waals surface area contributed by atoms with Crippen LogP contribution in [-0.2, 0) is 34.4 Å². The van der Waals surface area contributed by atoms with Crippen molar-refractivity contribution in [1.29, 1.82) is 0 Å². The number of nitrogens with two attached hydrogens (primary N) is 1. The highest BCUT2D eigenvalue weighted by Gasteiger charge is 2.62. The van der Waals surface area contributed by atoms with Crippen molar-refractivity contribution in [3.8, 4) is 11.6 Å². The van der Waals surface area contributed by atoms with Crippen LogP contribution in [-0.4, -0.2) is 87.6 Å². The van der Waals surface area contributed by atoms with Gasteiger partial charge in [0.2, 0.25) is 37.7 Å². The monoisotopic (exact) mass is 746 g/mol. The topological polar surface area (TPSA) is 216 Å². The molecule has 6 rings (SSSR count). The van der Waals surface area contributed by atoms with Crippen LogP contribution in [0.25, 0.3) is 10.8 Å². The Bertz CT molecular complexity index is 2110. The third-order valence-corrected chi connectivity index (χ3v) is 12.0. The fourth-order valence-corrected chi connectivity index (χ4v) is 8.16. The molecule has 5 N–H and O–H groups in total. The van der Waals surface area contributed by atoms with Crippen molar-refractivity contribution < 1.29 is 40.7 Å². The standard InChI is InChI=1S/C32H35ClN6O9S2/c1-3-18-14-32(18,31(42)38-50(45,46)22-8-9-22)37-29(41)26-13-21(48-30-25-11-19(33)7-10-24(25)27(47-2)15-36-30)17-39(26)28(40)16-35-20-5-4-6-23(12-20)49(34,43)44/h3-7,10-12,15,18,21-22,26,35H,1,8-9,13-14,16-17H2,2H3,(H,37,41)(H,38,42)(H2,34,43,44)/t18-,21-,26+,32-/m1/s1. The van der Waals surface area contributed by atoms with Gasteiger partial charge < -0.3 is 25.0 Å². The number of benzene rings is 2. The summed E-state index contributed by atoms with van der Waals surface area (Å²) in [5, 5.41) is 11.8. The summed E-state index contributed by atoms with van der Waals surface area (Å²) in [6, 6.07) is 9.55. The van der Waals surface area contributed by atoms with Crippen molar-refractivity contribution in [2.24, 2.45) is 11.1 Å². The van der Waals surface area contributed by atoms with Gasteiger partial charge >= 0.3 is 0 Å². The smallest absolute Gasteiger partial charge is 0.259 e. The molecule has 266 valence electrons. The first-order valence-corrected chi connectivity index (χ1v) is 19.1. The summed E-state index contributed by atoms with van der Waals surface area (Å²) < 4.78 is 62.6. The van der Waals surface area contributed by atoms with Crippen molar-refractivity contribution in [2.45, 2.75) is 53.5 Å². The Balaban J connectivity index is 1.25. The van der Waals surface area contributed by atoms with Gasteiger partial charge in [-0.2, -0.15) is 0 Å². The molecule has 1 aromatic heterocycles. The Morgan fingerprint density at radius 2 is 1.90 bits per heavy atom. The molecule has 0 radical (unpaired) electrons. The Hall–Kier alpha value is -4.45. The number of aromatic nitrogens is 1. The van der Waals surface area contributed by atoms with Crippen LogP contribution in [0.15, 0.2) is 66.2 Å². The predicted molar refractivity (Wildman–Crippen MR) is 183 cm³/mol. The van der Waals surface area contributed by atoms with Crippen LogP contribution in [0.4, 0.5) is 5.69 Å². The SMILES string of the molecule is C=C[C@@H]1C[C@]1(NC(=O)[C@@H]1C[C@@H](Oc2ncc(OC)c3ccc(Cl)cc23)CN1C(=O)CNc1cccc(S(N)(=O)=O)c1)C(=O)NS(=O)(=O)C1CC1. The normalized spacial score (nSPS) is 23.2. The van der Waals surface area contributed by atoms with Gasteiger partial charge in [-0.1, -0.05) is 23.7 Å². The van der Waals surface area contributed by atoms with Gasteiger partial charge in [0.15, 0.2) is 0 Å². The number of anilines is 1. The lowest BCUT2D eigenvalue weighted by Gasteiger charge is -2.26. The molecule has 3 amide bonds. The van der Waals surface area contributed by atoms with Crippen molar-refractivity contribution in [1.82, 2.24) is 19.9 Å². The van der Waals surface area contributed by atoms with Crippen LogP contribution in [0.1, 0.15) is 25.7 Å². The van der Waals surface area contributed by atoms with E-state index in [1.165, 1.54) is 42.5 Å². The van der Waals surface area contributed by atoms with Gasteiger partial charge in [0.1, 0.15) is 23.4 Å². The van der Waals surface area contributed by atoms with E-state index in [1.807, 2.05) is 0 Å². The van der Waals surface area contributed by atoms with Crippen molar-refractivity contribution >= 4 is 65.8 Å². The van der Waals surface area contributed by atoms with Crippen LogP contribution < -0.4 is 30.0 Å². The molecule has 15 nitrogen and oxygen atoms in total. The van der Waals surface area contributed by atoms with E-state index in [4.69, 9.17) is 26.2 Å². The molecule has 2 saturated carbocycles. The number of pyridine rings is 1. The maximum atomic E-state index is 14.0. The van der Waals surface area contributed by atoms with Crippen LogP contribution in [0.5, 0.6) is 11.6 Å². The number of fused-ring (bicyclic) bond motifs is 1. The lowest BCUT2D eigenvalue weighted by molar-refractivity contribution is -0.138. The largest absolute Gasteiger partial charge is 0.494 e. The number of hydrogen-bond acceptors (Lipinski definition) is 11. The molecule has 3 fully saturated rings. The number of ether oxygens (including phenoxy) is 2. The number of primary sulfonamides is 1. The molecule has 2 aromatic carbocycles. The lowest BCUT2D eigenvalue weighted by Crippen LogP contribution is -2.57. The fourth-order valence-electron chi connectivity index (χ4n) is 6.07. The second kappa shape index (κ2) is 13.4. The Morgan fingerprint density at radius 3 is 2.56 bits per heavy atom. The van der Waals surface area contributed by atoms with Crippen LogP contribution in [0, 0.1) is 5.92 Å². The van der Waals surface area contributed by atoms with Gasteiger partial charge in [0.25, 0.3) is 5.91 Å². The number of nitrogens with zero attached hydrogens (tertiary/aromatic N) is 2. The van der Waals surface area contributed by atoms with E-state index >= 15 is 0 Å². The summed E-state index contributed by atoms with van der Waals surface area (Å²) in [7, 11) is -6.41. The molecule has 1 aliphatic heterocycles. The number of likely N-dealkylation sites (tertiary alicyclic amines) is 1. The number of rotatable bonds is 13. The molecule has 0 bridgehead atoms. The number of carbonyl (C=O) groups is 3. The van der Waals surface area contributed by atoms with Crippen molar-refractivity contribution in [2.75, 3.05) is 25.5 Å². The quantitative estimate of drug-likeness (QED) is 0.185. The number of carbonyl (C=O) groups excluding carboxylic acids is 3. The van der Waals surface area contributed by atoms with Crippen molar-refractivity contribution in [3.63, 3.8) is 0 Å². The van der Waals surface area contributed by atoms with Crippen molar-refractivity contribution in [3.05, 3.63) is 66.3 Å². The Labute approximate surface area is 293 Å². The summed E-state index contributed by atoms with van der Waals surface area (Å²) in [4.78, 5) is 46.6. The van der Waals surface area contributed by atoms with E-state index < -0.39 is 66.6 Å². The zero-order valence-corrected chi connectivity index (χ0v) is 29.2. The molecule has 0 spiro atoms. The third-order valence-electron chi connectivity index (χ3n) is 9.02. The summed E-state index contributed by atoms with van der Waals surface area (Å²) in [6.45, 7) is 3.32. The first-order chi connectivity index (χ1) is 23.6. The molecule has 0 unspecified atom stereocenters. The number of sulfonamides is 2. The average molecular weight is 747 g/mol. The number of hydrogen-bond donors (Lipinski definition) is 4. The van der Waals surface area contributed by atoms with E-state index in [9.17, 15) is 31.2 Å². The third kappa shape index (κ3) is 7.21. The van der Waals surface area contributed by atoms with E-state index in [-0.39, 0.29) is 36.7 Å². The summed E-state index contributed by atoms with van der Waals surface area (Å²) in [5.74, 6) is -1.97. The zero-order valence-electron chi connectivity index (χ0n) is 26.8. The molecule has 3 aromatic rings. The number of nitrogens with one attached hydrogen (secondary N) is 3. The Kier molecular flexibility index (Phi) is 9.45. The highest BCUT2D eigenvalue weighted by molar-refractivity contribution is 7.91. The molecule has 1 saturated heterocycles. The van der Waals surface area contributed by atoms with Gasteiger partial charge in [0, 0.05) is 33.8 Å². The van der Waals surface area contributed by atoms with E-state index in [2.05, 4.69) is 26.9 Å². The molecular formula is C32H35ClN6O9S2. The Morgan fingerprint density at radius 1 is 1.14 bits per heavy atom. The predicted octanol–water partition coefficient (Wildman–Crippen LogP) is 1.67. The minimum atomic E-state index is -4.00. The second-order valence-corrected chi connectivity index (χ2v) is 16.4. The van der Waals surface area contributed by atoms with E-state index in [0.29, 0.717) is 40.1 Å². The van der Waals surface area contributed by atoms with Crippen LogP contribution in [0.2, 0.25) is 5.02 Å². The van der Waals surface area contributed by atoms with Gasteiger partial charge in [-0.05, 0) is 55.7 Å². The van der Waals surface area contributed by atoms with Gasteiger partial charge in [0.05, 0.1) is 36.5 Å². The second-order valence-electron chi connectivity index (χ2n) is 12.5. The maximum Gasteiger partial charge on any atom is 0.259 e. The molecular weight excluding hydrogens is 712 g/mol. The molecule has 2 aliphatic carbocycles. The summed E-state index contributed by atoms with van der Waals surface area (Å²) in [5.41, 5.74) is -1.27. The summed E-state index contributed by atoms with van der Waals surface area (Å²) in [6.07, 6.45) is 3.20. The van der Waals surface area contributed by atoms with Crippen LogP contribution in [0.3, 0.4) is 0 Å². The highest BCUT2D eigenvalue weighted by atomic mass is 35.5. The lowest BCUT2D eigenvalue weighted by atomic mass is 10.1. The molecule has 4 atom stereocenters. The van der Waals surface area contributed by atoms with Gasteiger partial charge in [-0.3, -0.25) is 19.1 Å². The van der Waals surface area contributed by atoms with E-state index in [0.717, 1.165) is 0 Å². The molecule has 3 aliphatic rings. The molecule has 50 heavy (non-hydrogen) atoms. The minimum absolute atomic E-state index is 0.00886. The maximum absolute atomic E-state index is 14.0. The number of amides is 3. The van der Waals surface area contributed by atoms with E-state index in [1.54, 1.807) is 24.3 Å². The number of halogens is 1. The first kappa shape index (κ1) is 35.4.